The Morgan fingerprint density at radius 1 is 1.29 bits per heavy atom. The second kappa shape index (κ2) is 4.19. The Hall–Kier alpha value is -0.0800. The highest BCUT2D eigenvalue weighted by Crippen LogP contribution is 2.30. The van der Waals surface area contributed by atoms with E-state index < -0.39 is 0 Å². The van der Waals surface area contributed by atoms with Gasteiger partial charge in [0.2, 0.25) is 0 Å². The Morgan fingerprint density at radius 2 is 2.07 bits per heavy atom. The van der Waals surface area contributed by atoms with Gasteiger partial charge in [-0.2, -0.15) is 0 Å². The molecule has 2 aliphatic heterocycles. The molecule has 14 heavy (non-hydrogen) atoms. The Balaban J connectivity index is 1.71. The fourth-order valence-corrected chi connectivity index (χ4v) is 2.26. The predicted octanol–water partition coefficient (Wildman–Crippen LogP) is 2.29. The van der Waals surface area contributed by atoms with Crippen molar-refractivity contribution in [3.05, 3.63) is 0 Å². The lowest BCUT2D eigenvalue weighted by molar-refractivity contribution is 0.249. The van der Waals surface area contributed by atoms with Gasteiger partial charge in [-0.3, -0.25) is 0 Å². The Morgan fingerprint density at radius 3 is 2.79 bits per heavy atom. The number of likely N-dealkylation sites (tertiary alicyclic amines) is 1. The summed E-state index contributed by atoms with van der Waals surface area (Å²) in [5.41, 5.74) is 0.574. The summed E-state index contributed by atoms with van der Waals surface area (Å²) in [5.74, 6) is 0. The molecule has 2 saturated heterocycles. The maximum atomic E-state index is 5.25. The predicted molar refractivity (Wildman–Crippen MR) is 58.4 cm³/mol. The lowest BCUT2D eigenvalue weighted by atomic mass is 9.85. The Labute approximate surface area is 87.6 Å². The van der Waals surface area contributed by atoms with Gasteiger partial charge in [0.1, 0.15) is 0 Å². The van der Waals surface area contributed by atoms with E-state index in [1.54, 1.807) is 0 Å². The minimum atomic E-state index is 0.574. The highest BCUT2D eigenvalue weighted by atomic mass is 16.6. The van der Waals surface area contributed by atoms with Crippen molar-refractivity contribution in [2.75, 3.05) is 26.2 Å². The quantitative estimate of drug-likeness (QED) is 0.645. The second-order valence-electron chi connectivity index (χ2n) is 5.60. The zero-order valence-corrected chi connectivity index (χ0v) is 9.59. The summed E-state index contributed by atoms with van der Waals surface area (Å²) in [6, 6.07) is 0. The number of hydrogen-bond acceptors (Lipinski definition) is 2. The number of hydrogen-bond donors (Lipinski definition) is 0. The third-order valence-corrected chi connectivity index (χ3v) is 3.60. The van der Waals surface area contributed by atoms with E-state index in [0.717, 1.165) is 6.61 Å². The third-order valence-electron chi connectivity index (χ3n) is 3.60. The highest BCUT2D eigenvalue weighted by Gasteiger charge is 2.26. The van der Waals surface area contributed by atoms with Crippen LogP contribution in [0.1, 0.15) is 39.5 Å². The van der Waals surface area contributed by atoms with Gasteiger partial charge in [-0.25, -0.2) is 0 Å². The van der Waals surface area contributed by atoms with E-state index in [4.69, 9.17) is 4.74 Å². The minimum absolute atomic E-state index is 0.574. The molecule has 2 nitrogen and oxygen atoms in total. The lowest BCUT2D eigenvalue weighted by Gasteiger charge is -2.23. The molecule has 2 aliphatic rings. The topological polar surface area (TPSA) is 15.8 Å². The first-order valence-corrected chi connectivity index (χ1v) is 6.00. The molecule has 0 amide bonds. The van der Waals surface area contributed by atoms with E-state index in [9.17, 15) is 0 Å². The monoisotopic (exact) mass is 197 g/mol. The summed E-state index contributed by atoms with van der Waals surface area (Å²) in [7, 11) is 0. The summed E-state index contributed by atoms with van der Waals surface area (Å²) >= 11 is 0. The molecule has 1 atom stereocenters. The smallest absolute Gasteiger partial charge is 0.0822 e. The fourth-order valence-electron chi connectivity index (χ4n) is 2.26. The lowest BCUT2D eigenvalue weighted by Crippen LogP contribution is -2.27. The molecule has 2 rings (SSSR count). The number of ether oxygens (including phenoxy) is 1. The van der Waals surface area contributed by atoms with Crippen molar-refractivity contribution in [3.8, 4) is 0 Å². The average Bonchev–Trinajstić information content (AvgIpc) is 2.90. The van der Waals surface area contributed by atoms with Crippen LogP contribution in [0, 0.1) is 5.41 Å². The summed E-state index contributed by atoms with van der Waals surface area (Å²) in [6.07, 6.45) is 5.98. The van der Waals surface area contributed by atoms with E-state index in [1.807, 2.05) is 0 Å². The zero-order valence-electron chi connectivity index (χ0n) is 9.59. The first-order valence-electron chi connectivity index (χ1n) is 6.00. The summed E-state index contributed by atoms with van der Waals surface area (Å²) < 4.78 is 5.25. The van der Waals surface area contributed by atoms with Gasteiger partial charge in [0.25, 0.3) is 0 Å². The van der Waals surface area contributed by atoms with Crippen molar-refractivity contribution in [3.63, 3.8) is 0 Å². The van der Waals surface area contributed by atoms with Crippen molar-refractivity contribution in [2.45, 2.75) is 45.6 Å². The van der Waals surface area contributed by atoms with Crippen molar-refractivity contribution in [2.24, 2.45) is 5.41 Å². The van der Waals surface area contributed by atoms with Gasteiger partial charge in [-0.1, -0.05) is 13.8 Å². The average molecular weight is 197 g/mol. The first-order chi connectivity index (χ1) is 6.66. The molecule has 0 bridgehead atoms. The van der Waals surface area contributed by atoms with Crippen molar-refractivity contribution >= 4 is 0 Å². The van der Waals surface area contributed by atoms with Crippen molar-refractivity contribution < 1.29 is 4.74 Å². The van der Waals surface area contributed by atoms with Crippen LogP contribution in [-0.2, 0) is 4.74 Å². The van der Waals surface area contributed by atoms with Crippen LogP contribution in [0.5, 0.6) is 0 Å². The largest absolute Gasteiger partial charge is 0.373 e. The number of epoxide rings is 1. The van der Waals surface area contributed by atoms with Crippen LogP contribution >= 0.6 is 0 Å². The molecule has 0 saturated carbocycles. The highest BCUT2D eigenvalue weighted by molar-refractivity contribution is 4.78. The molecule has 0 aromatic rings. The molecule has 0 spiro atoms. The summed E-state index contributed by atoms with van der Waals surface area (Å²) in [6.45, 7) is 9.66. The molecule has 1 unspecified atom stereocenters. The second-order valence-corrected chi connectivity index (χ2v) is 5.60. The molecule has 2 heteroatoms. The van der Waals surface area contributed by atoms with Gasteiger partial charge in [-0.05, 0) is 44.2 Å². The summed E-state index contributed by atoms with van der Waals surface area (Å²) in [4.78, 5) is 2.62. The third kappa shape index (κ3) is 3.25. The molecule has 2 fully saturated rings. The van der Waals surface area contributed by atoms with Gasteiger partial charge < -0.3 is 9.64 Å². The number of nitrogens with zero attached hydrogens (tertiary/aromatic N) is 1. The van der Waals surface area contributed by atoms with Gasteiger partial charge in [0, 0.05) is 6.54 Å². The normalized spacial score (nSPS) is 32.6. The van der Waals surface area contributed by atoms with E-state index in [-0.39, 0.29) is 0 Å². The van der Waals surface area contributed by atoms with E-state index in [1.165, 1.54) is 45.3 Å². The molecule has 0 aromatic carbocycles. The SMILES string of the molecule is CC1(C)CCCN(CCC2CO2)CC1. The van der Waals surface area contributed by atoms with E-state index in [2.05, 4.69) is 18.7 Å². The van der Waals surface area contributed by atoms with Crippen LogP contribution in [-0.4, -0.2) is 37.2 Å². The fraction of sp³-hybridized carbons (Fsp3) is 1.00. The molecule has 82 valence electrons. The molecular weight excluding hydrogens is 174 g/mol. The molecule has 2 heterocycles. The molecule has 0 radical (unpaired) electrons. The standard InChI is InChI=1S/C12H23NO/c1-12(2)5-3-7-13(9-6-12)8-4-11-10-14-11/h11H,3-10H2,1-2H3. The molecular formula is C12H23NO. The number of rotatable bonds is 3. The van der Waals surface area contributed by atoms with Crippen LogP contribution in [0.3, 0.4) is 0 Å². The Bertz CT molecular complexity index is 187. The van der Waals surface area contributed by atoms with Gasteiger partial charge in [0.15, 0.2) is 0 Å². The maximum absolute atomic E-state index is 5.25. The summed E-state index contributed by atoms with van der Waals surface area (Å²) in [5, 5.41) is 0. The molecule has 0 aliphatic carbocycles. The van der Waals surface area contributed by atoms with Crippen LogP contribution in [0.25, 0.3) is 0 Å². The van der Waals surface area contributed by atoms with Crippen LogP contribution in [0.15, 0.2) is 0 Å². The zero-order chi connectivity index (χ0) is 10.0. The van der Waals surface area contributed by atoms with Gasteiger partial charge in [-0.15, -0.1) is 0 Å². The van der Waals surface area contributed by atoms with Crippen LogP contribution in [0.4, 0.5) is 0 Å². The minimum Gasteiger partial charge on any atom is -0.373 e. The van der Waals surface area contributed by atoms with Crippen LogP contribution < -0.4 is 0 Å². The molecule has 0 N–H and O–H groups in total. The van der Waals surface area contributed by atoms with E-state index >= 15 is 0 Å². The molecule has 0 aromatic heterocycles. The van der Waals surface area contributed by atoms with Crippen molar-refractivity contribution in [1.82, 2.24) is 4.90 Å². The van der Waals surface area contributed by atoms with Crippen LogP contribution in [0.2, 0.25) is 0 Å². The van der Waals surface area contributed by atoms with E-state index in [0.29, 0.717) is 11.5 Å². The van der Waals surface area contributed by atoms with Gasteiger partial charge >= 0.3 is 0 Å². The first kappa shape index (κ1) is 10.4. The van der Waals surface area contributed by atoms with Gasteiger partial charge in [0.05, 0.1) is 12.7 Å². The Kier molecular flexibility index (Phi) is 3.13. The van der Waals surface area contributed by atoms with Crippen molar-refractivity contribution in [1.29, 1.82) is 0 Å². The maximum Gasteiger partial charge on any atom is 0.0822 e.